The first-order valence-electron chi connectivity index (χ1n) is 7.97. The molecule has 150 valence electrons. The van der Waals surface area contributed by atoms with E-state index in [1.807, 2.05) is 0 Å². The minimum absolute atomic E-state index is 0.0476. The Kier molecular flexibility index (Phi) is 6.87. The molecule has 0 heterocycles. The van der Waals surface area contributed by atoms with E-state index in [9.17, 15) is 23.3 Å². The van der Waals surface area contributed by atoms with E-state index in [2.05, 4.69) is 0 Å². The zero-order valence-corrected chi connectivity index (χ0v) is 17.2. The number of halogens is 2. The van der Waals surface area contributed by atoms with Crippen molar-refractivity contribution < 1.29 is 22.9 Å². The molecule has 0 aromatic heterocycles. The molecule has 0 aliphatic carbocycles. The number of anilines is 1. The van der Waals surface area contributed by atoms with Crippen LogP contribution < -0.4 is 4.31 Å². The third-order valence-corrected chi connectivity index (χ3v) is 6.31. The first kappa shape index (κ1) is 21.9. The Morgan fingerprint density at radius 3 is 2.54 bits per heavy atom. The summed E-state index contributed by atoms with van der Waals surface area (Å²) in [5.41, 5.74) is -0.124. The minimum atomic E-state index is -4.39. The van der Waals surface area contributed by atoms with Gasteiger partial charge in [0.1, 0.15) is 6.54 Å². The Bertz CT molecular complexity index is 1030. The second-order valence-electron chi connectivity index (χ2n) is 5.60. The molecular weight excluding hydrogens is 431 g/mol. The first-order valence-corrected chi connectivity index (χ1v) is 10.2. The van der Waals surface area contributed by atoms with E-state index in [1.54, 1.807) is 6.92 Å². The molecule has 0 saturated carbocycles. The van der Waals surface area contributed by atoms with Crippen LogP contribution in [0.2, 0.25) is 10.0 Å². The van der Waals surface area contributed by atoms with Crippen molar-refractivity contribution in [3.8, 4) is 0 Å². The lowest BCUT2D eigenvalue weighted by molar-refractivity contribution is -0.385. The smallest absolute Gasteiger partial charge is 0.326 e. The molecule has 0 aliphatic rings. The molecule has 8 nitrogen and oxygen atoms in total. The maximum absolute atomic E-state index is 13.2. The summed E-state index contributed by atoms with van der Waals surface area (Å²) in [7, 11) is -4.39. The molecule has 0 radical (unpaired) electrons. The number of benzene rings is 2. The van der Waals surface area contributed by atoms with Gasteiger partial charge in [-0.05, 0) is 32.0 Å². The summed E-state index contributed by atoms with van der Waals surface area (Å²) >= 11 is 12.1. The normalized spacial score (nSPS) is 11.1. The summed E-state index contributed by atoms with van der Waals surface area (Å²) in [6, 6.07) is 7.75. The number of nitro benzene ring substituents is 1. The molecule has 2 rings (SSSR count). The molecule has 2 aromatic rings. The number of hydrogen-bond donors (Lipinski definition) is 0. The number of carbonyl (C=O) groups excluding carboxylic acids is 1. The number of esters is 1. The fraction of sp³-hybridized carbons (Fsp3) is 0.235. The molecule has 0 unspecified atom stereocenters. The number of carbonyl (C=O) groups is 1. The van der Waals surface area contributed by atoms with Gasteiger partial charge < -0.3 is 4.74 Å². The summed E-state index contributed by atoms with van der Waals surface area (Å²) < 4.78 is 32.0. The number of sulfonamides is 1. The lowest BCUT2D eigenvalue weighted by Gasteiger charge is -2.24. The van der Waals surface area contributed by atoms with Gasteiger partial charge in [-0.2, -0.15) is 0 Å². The molecule has 0 spiro atoms. The summed E-state index contributed by atoms with van der Waals surface area (Å²) in [5, 5.41) is 11.2. The lowest BCUT2D eigenvalue weighted by atomic mass is 10.2. The molecule has 0 aliphatic heterocycles. The Hall–Kier alpha value is -2.36. The average Bonchev–Trinajstić information content (AvgIpc) is 2.62. The predicted molar refractivity (Wildman–Crippen MR) is 105 cm³/mol. The fourth-order valence-electron chi connectivity index (χ4n) is 2.38. The van der Waals surface area contributed by atoms with Gasteiger partial charge in [0.05, 0.1) is 32.2 Å². The van der Waals surface area contributed by atoms with Gasteiger partial charge in [0, 0.05) is 11.6 Å². The second kappa shape index (κ2) is 8.76. The van der Waals surface area contributed by atoms with Crippen LogP contribution in [0.15, 0.2) is 41.3 Å². The maximum Gasteiger partial charge on any atom is 0.326 e. The van der Waals surface area contributed by atoms with Gasteiger partial charge >= 0.3 is 5.97 Å². The van der Waals surface area contributed by atoms with Crippen molar-refractivity contribution in [1.82, 2.24) is 0 Å². The maximum atomic E-state index is 13.2. The van der Waals surface area contributed by atoms with Crippen molar-refractivity contribution in [2.24, 2.45) is 0 Å². The monoisotopic (exact) mass is 446 g/mol. The van der Waals surface area contributed by atoms with Gasteiger partial charge in [-0.1, -0.05) is 35.3 Å². The molecule has 0 atom stereocenters. The third-order valence-electron chi connectivity index (χ3n) is 3.74. The van der Waals surface area contributed by atoms with Gasteiger partial charge in [-0.3, -0.25) is 19.2 Å². The average molecular weight is 447 g/mol. The van der Waals surface area contributed by atoms with Crippen LogP contribution in [0.1, 0.15) is 12.5 Å². The third kappa shape index (κ3) is 4.54. The Balaban J connectivity index is 2.65. The van der Waals surface area contributed by atoms with Crippen LogP contribution in [-0.4, -0.2) is 32.5 Å². The zero-order chi connectivity index (χ0) is 21.1. The Morgan fingerprint density at radius 2 is 1.93 bits per heavy atom. The van der Waals surface area contributed by atoms with E-state index in [0.29, 0.717) is 9.87 Å². The molecule has 0 bridgehead atoms. The van der Waals surface area contributed by atoms with E-state index in [0.717, 1.165) is 6.07 Å². The minimum Gasteiger partial charge on any atom is -0.465 e. The van der Waals surface area contributed by atoms with Crippen LogP contribution in [-0.2, 0) is 19.6 Å². The van der Waals surface area contributed by atoms with Crippen LogP contribution in [0.25, 0.3) is 0 Å². The number of nitrogens with zero attached hydrogens (tertiary/aromatic N) is 2. The van der Waals surface area contributed by atoms with Gasteiger partial charge in [-0.25, -0.2) is 8.42 Å². The SMILES string of the molecule is CCOC(=O)CN(c1cccc(Cl)c1Cl)S(=O)(=O)c1ccc(C)c([N+](=O)[O-])c1. The fourth-order valence-corrected chi connectivity index (χ4v) is 4.27. The molecule has 0 amide bonds. The number of hydrogen-bond acceptors (Lipinski definition) is 6. The Morgan fingerprint density at radius 1 is 1.25 bits per heavy atom. The summed E-state index contributed by atoms with van der Waals surface area (Å²) in [4.78, 5) is 22.2. The largest absolute Gasteiger partial charge is 0.465 e. The van der Waals surface area contributed by atoms with Crippen LogP contribution in [0.3, 0.4) is 0 Å². The summed E-state index contributed by atoms with van der Waals surface area (Å²) in [6.45, 7) is 2.43. The van der Waals surface area contributed by atoms with Crippen molar-refractivity contribution in [1.29, 1.82) is 0 Å². The first-order chi connectivity index (χ1) is 13.1. The van der Waals surface area contributed by atoms with Crippen LogP contribution in [0.4, 0.5) is 11.4 Å². The van der Waals surface area contributed by atoms with Crippen molar-refractivity contribution in [2.45, 2.75) is 18.7 Å². The van der Waals surface area contributed by atoms with E-state index in [-0.39, 0.29) is 32.9 Å². The van der Waals surface area contributed by atoms with E-state index < -0.39 is 27.5 Å². The van der Waals surface area contributed by atoms with Crippen molar-refractivity contribution in [3.63, 3.8) is 0 Å². The van der Waals surface area contributed by atoms with Crippen molar-refractivity contribution in [3.05, 3.63) is 62.1 Å². The highest BCUT2D eigenvalue weighted by Gasteiger charge is 2.31. The van der Waals surface area contributed by atoms with Crippen molar-refractivity contribution >= 4 is 50.6 Å². The van der Waals surface area contributed by atoms with E-state index in [1.165, 1.54) is 37.3 Å². The highest BCUT2D eigenvalue weighted by Crippen LogP contribution is 2.36. The van der Waals surface area contributed by atoms with Gasteiger partial charge in [0.15, 0.2) is 0 Å². The highest BCUT2D eigenvalue weighted by atomic mass is 35.5. The highest BCUT2D eigenvalue weighted by molar-refractivity contribution is 7.92. The molecule has 28 heavy (non-hydrogen) atoms. The van der Waals surface area contributed by atoms with Gasteiger partial charge in [0.25, 0.3) is 15.7 Å². The van der Waals surface area contributed by atoms with Gasteiger partial charge in [0.2, 0.25) is 0 Å². The molecule has 2 aromatic carbocycles. The molecule has 0 fully saturated rings. The second-order valence-corrected chi connectivity index (χ2v) is 8.24. The van der Waals surface area contributed by atoms with Crippen LogP contribution in [0.5, 0.6) is 0 Å². The van der Waals surface area contributed by atoms with Crippen molar-refractivity contribution in [2.75, 3.05) is 17.5 Å². The quantitative estimate of drug-likeness (QED) is 0.361. The standard InChI is InChI=1S/C17H16Cl2N2O6S/c1-3-27-16(22)10-20(14-6-4-5-13(18)17(14)19)28(25,26)12-8-7-11(2)15(9-12)21(23)24/h4-9H,3,10H2,1-2H3. The molecule has 0 N–H and O–H groups in total. The van der Waals surface area contributed by atoms with Crippen LogP contribution in [0, 0.1) is 17.0 Å². The Labute approximate surface area is 171 Å². The number of aryl methyl sites for hydroxylation is 1. The topological polar surface area (TPSA) is 107 Å². The van der Waals surface area contributed by atoms with Gasteiger partial charge in [-0.15, -0.1) is 0 Å². The zero-order valence-electron chi connectivity index (χ0n) is 14.9. The summed E-state index contributed by atoms with van der Waals surface area (Å²) in [6.07, 6.45) is 0. The number of rotatable bonds is 7. The van der Waals surface area contributed by atoms with E-state index >= 15 is 0 Å². The molecular formula is C17H16Cl2N2O6S. The summed E-state index contributed by atoms with van der Waals surface area (Å²) in [5.74, 6) is -0.816. The molecule has 11 heteroatoms. The van der Waals surface area contributed by atoms with E-state index in [4.69, 9.17) is 27.9 Å². The number of nitro groups is 1. The predicted octanol–water partition coefficient (Wildman–Crippen LogP) is 3.97. The number of ether oxygens (including phenoxy) is 1. The molecule has 0 saturated heterocycles. The van der Waals surface area contributed by atoms with Crippen LogP contribution >= 0.6 is 23.2 Å². The lowest BCUT2D eigenvalue weighted by Crippen LogP contribution is -2.37.